The van der Waals surface area contributed by atoms with Crippen LogP contribution in [-0.4, -0.2) is 53.8 Å². The molecule has 2 aromatic carbocycles. The van der Waals surface area contributed by atoms with Gasteiger partial charge in [0, 0.05) is 31.6 Å². The monoisotopic (exact) mass is 476 g/mol. The highest BCUT2D eigenvalue weighted by Crippen LogP contribution is 2.26. The van der Waals surface area contributed by atoms with Gasteiger partial charge in [-0.15, -0.1) is 0 Å². The van der Waals surface area contributed by atoms with Crippen LogP contribution >= 0.6 is 11.6 Å². The topological polar surface area (TPSA) is 66.4 Å². The van der Waals surface area contributed by atoms with E-state index in [0.717, 1.165) is 10.9 Å². The lowest BCUT2D eigenvalue weighted by Gasteiger charge is -2.36. The average Bonchev–Trinajstić information content (AvgIpc) is 2.86. The molecular weight excluding hydrogens is 444 g/mol. The van der Waals surface area contributed by atoms with Gasteiger partial charge in [0.25, 0.3) is 0 Å². The lowest BCUT2D eigenvalue weighted by atomic mass is 10.2. The summed E-state index contributed by atoms with van der Waals surface area (Å²) >= 11 is 6.34. The number of hydrogen-bond donors (Lipinski definition) is 0. The predicted octanol–water partition coefficient (Wildman–Crippen LogP) is 5.40. The SMILES string of the molecule is CC.CC.CC(c1nc(Cl)c2ccccc2n1)N1CCN(S(=O)(=O)c2ccccc2)CC1. The zero-order valence-corrected chi connectivity index (χ0v) is 21.1. The second kappa shape index (κ2) is 12.3. The van der Waals surface area contributed by atoms with Gasteiger partial charge in [-0.05, 0) is 31.2 Å². The van der Waals surface area contributed by atoms with Gasteiger partial charge in [0.15, 0.2) is 0 Å². The van der Waals surface area contributed by atoms with Gasteiger partial charge in [0.1, 0.15) is 11.0 Å². The summed E-state index contributed by atoms with van der Waals surface area (Å²) in [6.07, 6.45) is 0. The standard InChI is InChI=1S/C20H21ClN4O2S.2C2H6/c1-15(20-22-18-10-6-5-9-17(18)19(21)23-20)24-11-13-25(14-12-24)28(26,27)16-7-3-2-4-8-16;2*1-2/h2-10,15H,11-14H2,1H3;2*1-2H3. The van der Waals surface area contributed by atoms with Crippen molar-refractivity contribution >= 4 is 32.5 Å². The number of fused-ring (bicyclic) bond motifs is 1. The summed E-state index contributed by atoms with van der Waals surface area (Å²) in [4.78, 5) is 11.7. The molecule has 3 aromatic rings. The first-order chi connectivity index (χ1) is 15.5. The van der Waals surface area contributed by atoms with Crippen molar-refractivity contribution in [1.29, 1.82) is 0 Å². The van der Waals surface area contributed by atoms with Crippen molar-refractivity contribution in [3.8, 4) is 0 Å². The Balaban J connectivity index is 0.000000860. The van der Waals surface area contributed by atoms with Crippen LogP contribution in [0.25, 0.3) is 10.9 Å². The molecule has 0 aliphatic carbocycles. The highest BCUT2D eigenvalue weighted by Gasteiger charge is 2.31. The smallest absolute Gasteiger partial charge is 0.243 e. The molecule has 0 amide bonds. The third kappa shape index (κ3) is 5.84. The van der Waals surface area contributed by atoms with Crippen LogP contribution in [0.2, 0.25) is 5.15 Å². The molecule has 174 valence electrons. The summed E-state index contributed by atoms with van der Waals surface area (Å²) < 4.78 is 27.1. The molecule has 0 bridgehead atoms. The van der Waals surface area contributed by atoms with Gasteiger partial charge in [-0.25, -0.2) is 18.4 Å². The maximum absolute atomic E-state index is 12.8. The average molecular weight is 477 g/mol. The maximum atomic E-state index is 12.8. The molecular formula is C24H33ClN4O2S. The molecule has 32 heavy (non-hydrogen) atoms. The third-order valence-electron chi connectivity index (χ3n) is 5.15. The van der Waals surface area contributed by atoms with Gasteiger partial charge in [-0.3, -0.25) is 4.90 Å². The Bertz CT molecular complexity index is 1090. The summed E-state index contributed by atoms with van der Waals surface area (Å²) in [5.41, 5.74) is 0.814. The Morgan fingerprint density at radius 3 is 2.03 bits per heavy atom. The molecule has 1 atom stereocenters. The van der Waals surface area contributed by atoms with Gasteiger partial charge in [0.05, 0.1) is 16.5 Å². The minimum Gasteiger partial charge on any atom is -0.291 e. The summed E-state index contributed by atoms with van der Waals surface area (Å²) in [7, 11) is -3.46. The van der Waals surface area contributed by atoms with Crippen LogP contribution in [0.4, 0.5) is 0 Å². The molecule has 0 radical (unpaired) electrons. The maximum Gasteiger partial charge on any atom is 0.243 e. The molecule has 1 aromatic heterocycles. The number of rotatable bonds is 4. The minimum absolute atomic E-state index is 0.0521. The minimum atomic E-state index is -3.46. The Labute approximate surface area is 197 Å². The normalized spacial score (nSPS) is 15.8. The summed E-state index contributed by atoms with van der Waals surface area (Å²) in [6.45, 7) is 12.1. The van der Waals surface area contributed by atoms with Crippen molar-refractivity contribution in [2.45, 2.75) is 45.6 Å². The molecule has 1 unspecified atom stereocenters. The van der Waals surface area contributed by atoms with Crippen molar-refractivity contribution in [3.63, 3.8) is 0 Å². The largest absolute Gasteiger partial charge is 0.291 e. The Morgan fingerprint density at radius 2 is 1.41 bits per heavy atom. The van der Waals surface area contributed by atoms with Crippen LogP contribution in [0.1, 0.15) is 46.5 Å². The van der Waals surface area contributed by atoms with E-state index in [2.05, 4.69) is 14.9 Å². The number of halogens is 1. The fraction of sp³-hybridized carbons (Fsp3) is 0.417. The summed E-state index contributed by atoms with van der Waals surface area (Å²) in [6, 6.07) is 16.2. The Kier molecular flexibility index (Phi) is 10.0. The predicted molar refractivity (Wildman–Crippen MR) is 132 cm³/mol. The molecule has 1 aliphatic heterocycles. The van der Waals surface area contributed by atoms with Crippen LogP contribution in [0.15, 0.2) is 59.5 Å². The fourth-order valence-electron chi connectivity index (χ4n) is 3.48. The van der Waals surface area contributed by atoms with Gasteiger partial charge in [0.2, 0.25) is 10.0 Å². The highest BCUT2D eigenvalue weighted by molar-refractivity contribution is 7.89. The first-order valence-electron chi connectivity index (χ1n) is 11.2. The lowest BCUT2D eigenvalue weighted by molar-refractivity contribution is 0.141. The van der Waals surface area contributed by atoms with E-state index < -0.39 is 10.0 Å². The molecule has 0 saturated carbocycles. The number of aromatic nitrogens is 2. The molecule has 6 nitrogen and oxygen atoms in total. The summed E-state index contributed by atoms with van der Waals surface area (Å²) in [5, 5.41) is 1.27. The zero-order valence-electron chi connectivity index (χ0n) is 19.5. The molecule has 1 aliphatic rings. The Morgan fingerprint density at radius 1 is 0.844 bits per heavy atom. The molecule has 8 heteroatoms. The van der Waals surface area contributed by atoms with Crippen LogP contribution in [0.5, 0.6) is 0 Å². The molecule has 0 spiro atoms. The summed E-state index contributed by atoms with van der Waals surface area (Å²) in [5.74, 6) is 0.656. The quantitative estimate of drug-likeness (QED) is 0.471. The number of benzene rings is 2. The van der Waals surface area contributed by atoms with E-state index in [9.17, 15) is 8.42 Å². The second-order valence-corrected chi connectivity index (χ2v) is 9.11. The third-order valence-corrected chi connectivity index (χ3v) is 7.35. The van der Waals surface area contributed by atoms with E-state index in [0.29, 0.717) is 42.1 Å². The molecule has 4 rings (SSSR count). The number of hydrogen-bond acceptors (Lipinski definition) is 5. The van der Waals surface area contributed by atoms with E-state index in [-0.39, 0.29) is 6.04 Å². The van der Waals surface area contributed by atoms with Crippen LogP contribution in [0.3, 0.4) is 0 Å². The molecule has 0 N–H and O–H groups in total. The van der Waals surface area contributed by atoms with Gasteiger partial charge in [-0.1, -0.05) is 69.6 Å². The van der Waals surface area contributed by atoms with Gasteiger partial charge >= 0.3 is 0 Å². The lowest BCUT2D eigenvalue weighted by Crippen LogP contribution is -2.49. The van der Waals surface area contributed by atoms with Crippen molar-refractivity contribution in [2.24, 2.45) is 0 Å². The second-order valence-electron chi connectivity index (χ2n) is 6.82. The van der Waals surface area contributed by atoms with Crippen molar-refractivity contribution in [3.05, 3.63) is 65.6 Å². The van der Waals surface area contributed by atoms with Crippen LogP contribution in [0, 0.1) is 0 Å². The first-order valence-corrected chi connectivity index (χ1v) is 13.0. The Hall–Kier alpha value is -2.06. The molecule has 1 saturated heterocycles. The van der Waals surface area contributed by atoms with Crippen LogP contribution < -0.4 is 0 Å². The van der Waals surface area contributed by atoms with Crippen molar-refractivity contribution in [2.75, 3.05) is 26.2 Å². The van der Waals surface area contributed by atoms with E-state index in [4.69, 9.17) is 11.6 Å². The number of piperazine rings is 1. The van der Waals surface area contributed by atoms with Crippen molar-refractivity contribution < 1.29 is 8.42 Å². The van der Waals surface area contributed by atoms with E-state index in [1.165, 1.54) is 0 Å². The van der Waals surface area contributed by atoms with E-state index in [1.54, 1.807) is 28.6 Å². The number of para-hydroxylation sites is 1. The van der Waals surface area contributed by atoms with Crippen LogP contribution in [-0.2, 0) is 10.0 Å². The first kappa shape index (κ1) is 26.2. The van der Waals surface area contributed by atoms with Gasteiger partial charge in [-0.2, -0.15) is 4.31 Å². The van der Waals surface area contributed by atoms with E-state index >= 15 is 0 Å². The highest BCUT2D eigenvalue weighted by atomic mass is 35.5. The molecule has 2 heterocycles. The fourth-order valence-corrected chi connectivity index (χ4v) is 5.17. The van der Waals surface area contributed by atoms with E-state index in [1.807, 2.05) is 65.0 Å². The number of sulfonamides is 1. The zero-order chi connectivity index (χ0) is 23.7. The van der Waals surface area contributed by atoms with Crippen molar-refractivity contribution in [1.82, 2.24) is 19.2 Å². The number of nitrogens with zero attached hydrogens (tertiary/aromatic N) is 4. The molecule has 1 fully saturated rings. The van der Waals surface area contributed by atoms with Gasteiger partial charge < -0.3 is 0 Å².